The van der Waals surface area contributed by atoms with Gasteiger partial charge in [0.2, 0.25) is 0 Å². The Morgan fingerprint density at radius 1 is 1.04 bits per heavy atom. The fourth-order valence-corrected chi connectivity index (χ4v) is 3.18. The van der Waals surface area contributed by atoms with Gasteiger partial charge in [-0.15, -0.1) is 0 Å². The average Bonchev–Trinajstić information content (AvgIpc) is 2.70. The molecule has 1 atom stereocenters. The summed E-state index contributed by atoms with van der Waals surface area (Å²) in [6.07, 6.45) is -0.689. The van der Waals surface area contributed by atoms with Crippen molar-refractivity contribution in [3.05, 3.63) is 71.3 Å². The maximum Gasteiger partial charge on any atom is 0.253 e. The standard InChI is InChI=1S/C21H24F2N2O3/c22-18-7-5-16(6-8-18)21(27)25-11-9-24(10-12-25)13-19(26)15-28-14-17-3-1-2-4-20(17)23/h1-8,19,26H,9-15H2. The molecule has 0 spiro atoms. The molecule has 150 valence electrons. The molecule has 1 N–H and O–H groups in total. The molecule has 2 aromatic carbocycles. The molecule has 1 heterocycles. The summed E-state index contributed by atoms with van der Waals surface area (Å²) >= 11 is 0. The zero-order valence-corrected chi connectivity index (χ0v) is 15.6. The Labute approximate surface area is 163 Å². The van der Waals surface area contributed by atoms with E-state index in [1.807, 2.05) is 0 Å². The molecule has 1 unspecified atom stereocenters. The minimum absolute atomic E-state index is 0.114. The van der Waals surface area contributed by atoms with Gasteiger partial charge in [-0.05, 0) is 30.3 Å². The maximum absolute atomic E-state index is 13.5. The summed E-state index contributed by atoms with van der Waals surface area (Å²) in [6, 6.07) is 11.9. The van der Waals surface area contributed by atoms with E-state index in [0.29, 0.717) is 43.9 Å². The smallest absolute Gasteiger partial charge is 0.253 e. The molecule has 1 saturated heterocycles. The molecule has 1 aliphatic rings. The number of hydrogen-bond acceptors (Lipinski definition) is 4. The number of ether oxygens (including phenoxy) is 1. The maximum atomic E-state index is 13.5. The van der Waals surface area contributed by atoms with Crippen LogP contribution in [0.25, 0.3) is 0 Å². The topological polar surface area (TPSA) is 53.0 Å². The van der Waals surface area contributed by atoms with E-state index in [9.17, 15) is 18.7 Å². The molecule has 1 amide bonds. The van der Waals surface area contributed by atoms with Crippen LogP contribution < -0.4 is 0 Å². The summed E-state index contributed by atoms with van der Waals surface area (Å²) in [4.78, 5) is 16.2. The van der Waals surface area contributed by atoms with Crippen molar-refractivity contribution < 1.29 is 23.4 Å². The number of benzene rings is 2. The van der Waals surface area contributed by atoms with Crippen molar-refractivity contribution in [3.8, 4) is 0 Å². The van der Waals surface area contributed by atoms with E-state index in [0.717, 1.165) is 0 Å². The first-order valence-electron chi connectivity index (χ1n) is 9.29. The molecule has 0 aromatic heterocycles. The lowest BCUT2D eigenvalue weighted by Gasteiger charge is -2.35. The van der Waals surface area contributed by atoms with Gasteiger partial charge in [-0.3, -0.25) is 9.69 Å². The third kappa shape index (κ3) is 5.58. The van der Waals surface area contributed by atoms with Gasteiger partial charge in [-0.2, -0.15) is 0 Å². The van der Waals surface area contributed by atoms with Crippen molar-refractivity contribution in [2.75, 3.05) is 39.3 Å². The highest BCUT2D eigenvalue weighted by Gasteiger charge is 2.23. The van der Waals surface area contributed by atoms with E-state index in [1.54, 1.807) is 23.1 Å². The Kier molecular flexibility index (Phi) is 7.08. The summed E-state index contributed by atoms with van der Waals surface area (Å²) < 4.78 is 31.9. The van der Waals surface area contributed by atoms with Gasteiger partial charge < -0.3 is 14.7 Å². The van der Waals surface area contributed by atoms with Gasteiger partial charge in [-0.25, -0.2) is 8.78 Å². The molecule has 1 aliphatic heterocycles. The first-order valence-corrected chi connectivity index (χ1v) is 9.29. The van der Waals surface area contributed by atoms with Crippen molar-refractivity contribution in [2.24, 2.45) is 0 Å². The Morgan fingerprint density at radius 2 is 1.71 bits per heavy atom. The fraction of sp³-hybridized carbons (Fsp3) is 0.381. The van der Waals surface area contributed by atoms with Crippen molar-refractivity contribution in [1.82, 2.24) is 9.80 Å². The third-order valence-electron chi connectivity index (χ3n) is 4.75. The van der Waals surface area contributed by atoms with Gasteiger partial charge in [0.15, 0.2) is 0 Å². The molecule has 7 heteroatoms. The Hall–Kier alpha value is -2.35. The van der Waals surface area contributed by atoms with E-state index in [2.05, 4.69) is 4.90 Å². The van der Waals surface area contributed by atoms with Gasteiger partial charge in [-0.1, -0.05) is 18.2 Å². The van der Waals surface area contributed by atoms with Crippen LogP contribution in [0, 0.1) is 11.6 Å². The summed E-state index contributed by atoms with van der Waals surface area (Å²) in [6.45, 7) is 3.01. The molecule has 28 heavy (non-hydrogen) atoms. The van der Waals surface area contributed by atoms with Crippen LogP contribution >= 0.6 is 0 Å². The Bertz CT molecular complexity index is 777. The largest absolute Gasteiger partial charge is 0.389 e. The van der Waals surface area contributed by atoms with E-state index in [-0.39, 0.29) is 30.8 Å². The highest BCUT2D eigenvalue weighted by atomic mass is 19.1. The zero-order valence-electron chi connectivity index (χ0n) is 15.6. The molecular weight excluding hydrogens is 366 g/mol. The van der Waals surface area contributed by atoms with Crippen molar-refractivity contribution in [3.63, 3.8) is 0 Å². The minimum Gasteiger partial charge on any atom is -0.389 e. The quantitative estimate of drug-likeness (QED) is 0.788. The third-order valence-corrected chi connectivity index (χ3v) is 4.75. The zero-order chi connectivity index (χ0) is 19.9. The molecular formula is C21H24F2N2O3. The fourth-order valence-electron chi connectivity index (χ4n) is 3.18. The van der Waals surface area contributed by atoms with Crippen LogP contribution in [0.2, 0.25) is 0 Å². The first-order chi connectivity index (χ1) is 13.5. The Morgan fingerprint density at radius 3 is 2.39 bits per heavy atom. The molecule has 3 rings (SSSR count). The first kappa shape index (κ1) is 20.4. The summed E-state index contributed by atoms with van der Waals surface area (Å²) in [5.74, 6) is -0.806. The van der Waals surface area contributed by atoms with Crippen LogP contribution in [0.3, 0.4) is 0 Å². The monoisotopic (exact) mass is 390 g/mol. The number of carbonyl (C=O) groups excluding carboxylic acids is 1. The van der Waals surface area contributed by atoms with Crippen LogP contribution in [0.1, 0.15) is 15.9 Å². The van der Waals surface area contributed by atoms with Crippen LogP contribution in [-0.2, 0) is 11.3 Å². The van der Waals surface area contributed by atoms with Crippen LogP contribution in [0.5, 0.6) is 0 Å². The number of hydrogen-bond donors (Lipinski definition) is 1. The number of carbonyl (C=O) groups is 1. The predicted molar refractivity (Wildman–Crippen MR) is 101 cm³/mol. The van der Waals surface area contributed by atoms with E-state index >= 15 is 0 Å². The highest BCUT2D eigenvalue weighted by Crippen LogP contribution is 2.11. The lowest BCUT2D eigenvalue weighted by atomic mass is 10.1. The highest BCUT2D eigenvalue weighted by molar-refractivity contribution is 5.94. The lowest BCUT2D eigenvalue weighted by Crippen LogP contribution is -2.50. The molecule has 0 bridgehead atoms. The number of amides is 1. The Balaban J connectivity index is 1.38. The number of aliphatic hydroxyl groups is 1. The number of aliphatic hydroxyl groups excluding tert-OH is 1. The van der Waals surface area contributed by atoms with Crippen molar-refractivity contribution in [1.29, 1.82) is 0 Å². The summed E-state index contributed by atoms with van der Waals surface area (Å²) in [5.41, 5.74) is 0.930. The molecule has 0 aliphatic carbocycles. The predicted octanol–water partition coefficient (Wildman–Crippen LogP) is 2.30. The van der Waals surface area contributed by atoms with Crippen molar-refractivity contribution in [2.45, 2.75) is 12.7 Å². The molecule has 5 nitrogen and oxygen atoms in total. The normalized spacial score (nSPS) is 16.2. The second kappa shape index (κ2) is 9.73. The van der Waals surface area contributed by atoms with Gasteiger partial charge in [0.1, 0.15) is 11.6 Å². The molecule has 0 radical (unpaired) electrons. The van der Waals surface area contributed by atoms with E-state index in [1.165, 1.54) is 30.3 Å². The molecule has 1 fully saturated rings. The van der Waals surface area contributed by atoms with E-state index < -0.39 is 6.10 Å². The lowest BCUT2D eigenvalue weighted by molar-refractivity contribution is 0.00143. The van der Waals surface area contributed by atoms with E-state index in [4.69, 9.17) is 4.74 Å². The number of piperazine rings is 1. The van der Waals surface area contributed by atoms with Crippen molar-refractivity contribution >= 4 is 5.91 Å². The second-order valence-electron chi connectivity index (χ2n) is 6.86. The average molecular weight is 390 g/mol. The summed E-state index contributed by atoms with van der Waals surface area (Å²) in [5, 5.41) is 10.2. The molecule has 2 aromatic rings. The van der Waals surface area contributed by atoms with Gasteiger partial charge in [0.05, 0.1) is 19.3 Å². The molecule has 0 saturated carbocycles. The summed E-state index contributed by atoms with van der Waals surface area (Å²) in [7, 11) is 0. The number of nitrogens with zero attached hydrogens (tertiary/aromatic N) is 2. The van der Waals surface area contributed by atoms with Gasteiger partial charge in [0.25, 0.3) is 5.91 Å². The van der Waals surface area contributed by atoms with Crippen LogP contribution in [0.15, 0.2) is 48.5 Å². The minimum atomic E-state index is -0.689. The van der Waals surface area contributed by atoms with Gasteiger partial charge >= 0.3 is 0 Å². The number of halogens is 2. The number of rotatable bonds is 7. The SMILES string of the molecule is O=C(c1ccc(F)cc1)N1CCN(CC(O)COCc2ccccc2F)CC1. The second-order valence-corrected chi connectivity index (χ2v) is 6.86. The van der Waals surface area contributed by atoms with Crippen LogP contribution in [-0.4, -0.2) is 66.2 Å². The van der Waals surface area contributed by atoms with Gasteiger partial charge in [0, 0.05) is 43.9 Å². The number of β-amino-alcohol motifs (C(OH)–C–C–N with tert-alkyl or cyclic N) is 1. The van der Waals surface area contributed by atoms with Crippen LogP contribution in [0.4, 0.5) is 8.78 Å².